The summed E-state index contributed by atoms with van der Waals surface area (Å²) in [6.45, 7) is 0. The van der Waals surface area contributed by atoms with Gasteiger partial charge in [0.05, 0.1) is 5.69 Å². The van der Waals surface area contributed by atoms with Gasteiger partial charge in [-0.05, 0) is 125 Å². The third kappa shape index (κ3) is 3.67. The Bertz CT molecular complexity index is 2060. The molecule has 0 saturated heterocycles. The molecule has 11 rings (SSSR count). The van der Waals surface area contributed by atoms with Crippen molar-refractivity contribution < 1.29 is 0 Å². The van der Waals surface area contributed by atoms with E-state index >= 15 is 0 Å². The molecular weight excluding hydrogens is 542 g/mol. The predicted octanol–water partition coefficient (Wildman–Crippen LogP) is 11.7. The third-order valence-corrected chi connectivity index (χ3v) is 12.0. The Morgan fingerprint density at radius 1 is 0.444 bits per heavy atom. The highest BCUT2D eigenvalue weighted by atomic mass is 15.1. The quantitative estimate of drug-likeness (QED) is 0.201. The first kappa shape index (κ1) is 25.7. The number of para-hydroxylation sites is 1. The minimum absolute atomic E-state index is 0.142. The lowest BCUT2D eigenvalue weighted by atomic mass is 9.43. The van der Waals surface area contributed by atoms with Crippen LogP contribution in [0.3, 0.4) is 0 Å². The molecule has 0 heterocycles. The maximum Gasteiger partial charge on any atom is 0.0540 e. The molecule has 1 heteroatoms. The zero-order valence-corrected chi connectivity index (χ0v) is 25.6. The second-order valence-corrected chi connectivity index (χ2v) is 14.2. The van der Waals surface area contributed by atoms with Crippen molar-refractivity contribution in [1.82, 2.24) is 0 Å². The molecule has 0 N–H and O–H groups in total. The Hall–Kier alpha value is -4.62. The van der Waals surface area contributed by atoms with Crippen molar-refractivity contribution in [3.05, 3.63) is 151 Å². The van der Waals surface area contributed by atoms with Crippen molar-refractivity contribution in [1.29, 1.82) is 0 Å². The van der Waals surface area contributed by atoms with Crippen LogP contribution < -0.4 is 4.90 Å². The van der Waals surface area contributed by atoms with Crippen LogP contribution in [0.15, 0.2) is 140 Å². The van der Waals surface area contributed by atoms with E-state index in [0.717, 1.165) is 23.7 Å². The summed E-state index contributed by atoms with van der Waals surface area (Å²) in [7, 11) is 0. The first-order chi connectivity index (χ1) is 22.3. The average Bonchev–Trinajstić information content (AvgIpc) is 3.38. The van der Waals surface area contributed by atoms with Gasteiger partial charge in [-0.2, -0.15) is 0 Å². The molecule has 218 valence electrons. The Labute approximate surface area is 266 Å². The maximum absolute atomic E-state index is 2.62. The third-order valence-electron chi connectivity index (χ3n) is 12.0. The van der Waals surface area contributed by atoms with Crippen molar-refractivity contribution in [2.24, 2.45) is 23.7 Å². The largest absolute Gasteiger partial charge is 0.310 e. The molecular formula is C44H37N. The summed E-state index contributed by atoms with van der Waals surface area (Å²) >= 11 is 0. The fourth-order valence-electron chi connectivity index (χ4n) is 10.6. The summed E-state index contributed by atoms with van der Waals surface area (Å²) in [5, 5.41) is 2.54. The van der Waals surface area contributed by atoms with Crippen molar-refractivity contribution in [3.8, 4) is 22.3 Å². The van der Waals surface area contributed by atoms with Crippen LogP contribution >= 0.6 is 0 Å². The molecule has 5 aliphatic carbocycles. The highest BCUT2D eigenvalue weighted by Crippen LogP contribution is 2.69. The number of benzene rings is 6. The predicted molar refractivity (Wildman–Crippen MR) is 187 cm³/mol. The van der Waals surface area contributed by atoms with Gasteiger partial charge in [0.1, 0.15) is 0 Å². The summed E-state index contributed by atoms with van der Waals surface area (Å²) < 4.78 is 0. The van der Waals surface area contributed by atoms with Gasteiger partial charge in [0.15, 0.2) is 0 Å². The number of hydrogen-bond donors (Lipinski definition) is 0. The van der Waals surface area contributed by atoms with Crippen molar-refractivity contribution >= 4 is 27.8 Å². The standard InChI is InChI=1S/C44H37N/c1-2-11-32(12-3-1)38-14-7-9-17-43(38)45(36-19-18-31-10-4-5-13-33(31)27-36)37-20-21-40-39-15-6-8-16-41(39)44(42(40)28-37)34-23-29-22-30(25-34)26-35(44)24-29/h1-21,27-30,34-35H,22-26H2. The van der Waals surface area contributed by atoms with Crippen LogP contribution in [0, 0.1) is 23.7 Å². The molecule has 0 aromatic heterocycles. The van der Waals surface area contributed by atoms with Gasteiger partial charge in [0, 0.05) is 22.4 Å². The summed E-state index contributed by atoms with van der Waals surface area (Å²) in [5.41, 5.74) is 12.5. The van der Waals surface area contributed by atoms with Gasteiger partial charge in [0.25, 0.3) is 0 Å². The van der Waals surface area contributed by atoms with Gasteiger partial charge in [-0.15, -0.1) is 0 Å². The summed E-state index contributed by atoms with van der Waals surface area (Å²) in [4.78, 5) is 2.53. The van der Waals surface area contributed by atoms with Crippen LogP contribution in [-0.4, -0.2) is 0 Å². The van der Waals surface area contributed by atoms with Crippen LogP contribution in [-0.2, 0) is 5.41 Å². The number of anilines is 3. The van der Waals surface area contributed by atoms with Crippen LogP contribution in [0.25, 0.3) is 33.0 Å². The Balaban J connectivity index is 1.22. The lowest BCUT2D eigenvalue weighted by Crippen LogP contribution is -2.55. The summed E-state index contributed by atoms with van der Waals surface area (Å²) in [5.74, 6) is 3.36. The van der Waals surface area contributed by atoms with E-state index in [-0.39, 0.29) is 5.41 Å². The molecule has 0 atom stereocenters. The molecule has 45 heavy (non-hydrogen) atoms. The molecule has 4 fully saturated rings. The molecule has 4 bridgehead atoms. The van der Waals surface area contributed by atoms with Crippen LogP contribution in [0.4, 0.5) is 17.1 Å². The normalized spacial score (nSPS) is 25.4. The number of fused-ring (bicyclic) bond motifs is 4. The second-order valence-electron chi connectivity index (χ2n) is 14.2. The van der Waals surface area contributed by atoms with E-state index in [0.29, 0.717) is 0 Å². The topological polar surface area (TPSA) is 3.24 Å². The minimum atomic E-state index is 0.142. The summed E-state index contributed by atoms with van der Waals surface area (Å²) in [6.07, 6.45) is 7.07. The fourth-order valence-corrected chi connectivity index (χ4v) is 10.6. The molecule has 1 spiro atoms. The zero-order valence-electron chi connectivity index (χ0n) is 25.6. The average molecular weight is 580 g/mol. The number of nitrogens with zero attached hydrogens (tertiary/aromatic N) is 1. The van der Waals surface area contributed by atoms with Crippen molar-refractivity contribution in [3.63, 3.8) is 0 Å². The van der Waals surface area contributed by atoms with E-state index in [4.69, 9.17) is 0 Å². The van der Waals surface area contributed by atoms with E-state index in [1.54, 1.807) is 11.1 Å². The monoisotopic (exact) mass is 579 g/mol. The first-order valence-electron chi connectivity index (χ1n) is 16.9. The molecule has 0 unspecified atom stereocenters. The Morgan fingerprint density at radius 2 is 1.04 bits per heavy atom. The van der Waals surface area contributed by atoms with Gasteiger partial charge in [-0.25, -0.2) is 0 Å². The molecule has 6 aromatic rings. The molecule has 6 aromatic carbocycles. The Kier molecular flexibility index (Phi) is 5.53. The van der Waals surface area contributed by atoms with E-state index in [1.165, 1.54) is 82.2 Å². The van der Waals surface area contributed by atoms with Crippen LogP contribution in [0.2, 0.25) is 0 Å². The van der Waals surface area contributed by atoms with Gasteiger partial charge >= 0.3 is 0 Å². The molecule has 4 saturated carbocycles. The Morgan fingerprint density at radius 3 is 1.84 bits per heavy atom. The lowest BCUT2D eigenvalue weighted by molar-refractivity contribution is -0.0399. The second kappa shape index (κ2) is 9.69. The van der Waals surface area contributed by atoms with Gasteiger partial charge < -0.3 is 4.90 Å². The van der Waals surface area contributed by atoms with Crippen molar-refractivity contribution in [2.45, 2.75) is 37.5 Å². The number of rotatable bonds is 4. The minimum Gasteiger partial charge on any atom is -0.310 e. The van der Waals surface area contributed by atoms with Crippen LogP contribution in [0.1, 0.15) is 43.2 Å². The van der Waals surface area contributed by atoms with E-state index in [9.17, 15) is 0 Å². The van der Waals surface area contributed by atoms with Crippen LogP contribution in [0.5, 0.6) is 0 Å². The van der Waals surface area contributed by atoms with E-state index < -0.39 is 0 Å². The van der Waals surface area contributed by atoms with Gasteiger partial charge in [0.2, 0.25) is 0 Å². The fraction of sp³-hybridized carbons (Fsp3) is 0.227. The highest BCUT2D eigenvalue weighted by molar-refractivity contribution is 5.94. The molecule has 0 amide bonds. The molecule has 5 aliphatic rings. The molecule has 0 radical (unpaired) electrons. The van der Waals surface area contributed by atoms with Gasteiger partial charge in [-0.3, -0.25) is 0 Å². The van der Waals surface area contributed by atoms with Gasteiger partial charge in [-0.1, -0.05) is 109 Å². The zero-order chi connectivity index (χ0) is 29.5. The smallest absolute Gasteiger partial charge is 0.0540 e. The lowest BCUT2D eigenvalue weighted by Gasteiger charge is -2.61. The maximum atomic E-state index is 2.62. The van der Waals surface area contributed by atoms with E-state index in [2.05, 4.69) is 144 Å². The summed E-state index contributed by atoms with van der Waals surface area (Å²) in [6, 6.07) is 52.4. The SMILES string of the molecule is c1ccc(-c2ccccc2N(c2ccc3c(c2)C2(c4ccccc4-3)C3CC4CC(C3)CC2C4)c2ccc3ccccc3c2)cc1. The highest BCUT2D eigenvalue weighted by Gasteiger charge is 2.61. The number of hydrogen-bond acceptors (Lipinski definition) is 1. The first-order valence-corrected chi connectivity index (χ1v) is 16.9. The molecule has 0 aliphatic heterocycles. The molecule has 1 nitrogen and oxygen atoms in total. The van der Waals surface area contributed by atoms with Crippen molar-refractivity contribution in [2.75, 3.05) is 4.90 Å². The van der Waals surface area contributed by atoms with E-state index in [1.807, 2.05) is 0 Å².